The number of hydrogen-bond acceptors (Lipinski definition) is 2. The number of rotatable bonds is 4. The van der Waals surface area contributed by atoms with Crippen molar-refractivity contribution >= 4 is 5.97 Å². The zero-order valence-electron chi connectivity index (χ0n) is 12.4. The van der Waals surface area contributed by atoms with Crippen molar-refractivity contribution in [3.8, 4) is 5.75 Å². The number of carboxylic acid groups (broad SMARTS) is 1. The van der Waals surface area contributed by atoms with Crippen LogP contribution < -0.4 is 0 Å². The Morgan fingerprint density at radius 2 is 1.30 bits per heavy atom. The lowest BCUT2D eigenvalue weighted by atomic mass is 9.82. The highest BCUT2D eigenvalue weighted by atomic mass is 16.4. The first-order valence-electron chi connectivity index (χ1n) is 7.33. The molecule has 0 aromatic heterocycles. The molecule has 0 bridgehead atoms. The molecule has 0 saturated heterocycles. The van der Waals surface area contributed by atoms with Gasteiger partial charge < -0.3 is 10.2 Å². The molecule has 0 aliphatic carbocycles. The Balaban J connectivity index is 2.26. The van der Waals surface area contributed by atoms with E-state index in [-0.39, 0.29) is 17.2 Å². The Hall–Kier alpha value is -3.07. The maximum Gasteiger partial charge on any atom is 0.335 e. The minimum atomic E-state index is -0.975. The molecule has 23 heavy (non-hydrogen) atoms. The van der Waals surface area contributed by atoms with Gasteiger partial charge in [-0.05, 0) is 23.3 Å². The van der Waals surface area contributed by atoms with Crippen molar-refractivity contribution in [1.82, 2.24) is 0 Å². The summed E-state index contributed by atoms with van der Waals surface area (Å²) in [5, 5.41) is 19.8. The summed E-state index contributed by atoms with van der Waals surface area (Å²) in [5.41, 5.74) is 2.52. The fraction of sp³-hybridized carbons (Fsp3) is 0.0500. The number of hydrogen-bond donors (Lipinski definition) is 2. The molecule has 1 atom stereocenters. The number of carbonyl (C=O) groups is 1. The highest BCUT2D eigenvalue weighted by Crippen LogP contribution is 2.37. The van der Waals surface area contributed by atoms with Crippen LogP contribution in [0.5, 0.6) is 5.75 Å². The normalized spacial score (nSPS) is 11.8. The molecule has 3 rings (SSSR count). The molecule has 0 aliphatic rings. The second kappa shape index (κ2) is 6.36. The monoisotopic (exact) mass is 304 g/mol. The summed E-state index contributed by atoms with van der Waals surface area (Å²) in [5.74, 6) is -1.16. The molecule has 3 aromatic carbocycles. The topological polar surface area (TPSA) is 57.5 Å². The average molecular weight is 304 g/mol. The molecular formula is C20H16O3. The molecule has 0 aliphatic heterocycles. The van der Waals surface area contributed by atoms with Crippen LogP contribution >= 0.6 is 0 Å². The highest BCUT2D eigenvalue weighted by molar-refractivity contribution is 5.90. The van der Waals surface area contributed by atoms with E-state index in [1.54, 1.807) is 30.3 Å². The van der Waals surface area contributed by atoms with Crippen molar-refractivity contribution in [3.63, 3.8) is 0 Å². The quantitative estimate of drug-likeness (QED) is 0.708. The third-order valence-electron chi connectivity index (χ3n) is 3.88. The van der Waals surface area contributed by atoms with Crippen LogP contribution in [0.25, 0.3) is 0 Å². The van der Waals surface area contributed by atoms with Crippen molar-refractivity contribution in [2.45, 2.75) is 5.92 Å². The molecule has 2 N–H and O–H groups in total. The fourth-order valence-electron chi connectivity index (χ4n) is 2.85. The van der Waals surface area contributed by atoms with Crippen LogP contribution in [0.15, 0.2) is 78.9 Å². The minimum absolute atomic E-state index is 0.154. The molecule has 3 aromatic rings. The van der Waals surface area contributed by atoms with Crippen molar-refractivity contribution in [2.75, 3.05) is 0 Å². The lowest BCUT2D eigenvalue weighted by Gasteiger charge is -2.21. The minimum Gasteiger partial charge on any atom is -0.508 e. The van der Waals surface area contributed by atoms with Crippen LogP contribution in [0, 0.1) is 0 Å². The van der Waals surface area contributed by atoms with E-state index >= 15 is 0 Å². The fourth-order valence-corrected chi connectivity index (χ4v) is 2.85. The van der Waals surface area contributed by atoms with Crippen LogP contribution in [0.1, 0.15) is 33.0 Å². The molecule has 0 fully saturated rings. The molecule has 0 saturated carbocycles. The molecular weight excluding hydrogens is 288 g/mol. The summed E-state index contributed by atoms with van der Waals surface area (Å²) in [6, 6.07) is 23.6. The van der Waals surface area contributed by atoms with E-state index in [2.05, 4.69) is 0 Å². The van der Waals surface area contributed by atoms with Crippen LogP contribution in [0.4, 0.5) is 0 Å². The van der Waals surface area contributed by atoms with Crippen LogP contribution in [0.2, 0.25) is 0 Å². The molecule has 1 unspecified atom stereocenters. The summed E-state index contributed by atoms with van der Waals surface area (Å²) >= 11 is 0. The number of aromatic hydroxyl groups is 1. The maximum absolute atomic E-state index is 11.6. The molecule has 114 valence electrons. The van der Waals surface area contributed by atoms with Crippen LogP contribution in [0.3, 0.4) is 0 Å². The standard InChI is InChI=1S/C20H16O3/c21-18-13-7-6-12-17(18)19(14-8-2-1-3-9-14)15-10-4-5-11-16(15)20(22)23/h1-13,19,21H,(H,22,23). The van der Waals surface area contributed by atoms with Crippen LogP contribution in [-0.4, -0.2) is 16.2 Å². The van der Waals surface area contributed by atoms with Crippen LogP contribution in [-0.2, 0) is 0 Å². The number of phenols is 1. The van der Waals surface area contributed by atoms with Gasteiger partial charge in [-0.1, -0.05) is 66.7 Å². The van der Waals surface area contributed by atoms with Gasteiger partial charge in [0.2, 0.25) is 0 Å². The molecule has 3 nitrogen and oxygen atoms in total. The highest BCUT2D eigenvalue weighted by Gasteiger charge is 2.24. The number of para-hydroxylation sites is 1. The molecule has 3 heteroatoms. The third-order valence-corrected chi connectivity index (χ3v) is 3.88. The lowest BCUT2D eigenvalue weighted by Crippen LogP contribution is -2.10. The number of carboxylic acids is 1. The predicted molar refractivity (Wildman–Crippen MR) is 88.9 cm³/mol. The van der Waals surface area contributed by atoms with E-state index in [0.29, 0.717) is 11.1 Å². The number of phenolic OH excluding ortho intramolecular Hbond substituents is 1. The Bertz CT molecular complexity index is 825. The zero-order valence-corrected chi connectivity index (χ0v) is 12.4. The first-order chi connectivity index (χ1) is 11.2. The Morgan fingerprint density at radius 3 is 1.96 bits per heavy atom. The maximum atomic E-state index is 11.6. The predicted octanol–water partition coefficient (Wildman–Crippen LogP) is 4.27. The van der Waals surface area contributed by atoms with E-state index in [1.807, 2.05) is 48.5 Å². The van der Waals surface area contributed by atoms with Crippen molar-refractivity contribution in [2.24, 2.45) is 0 Å². The SMILES string of the molecule is O=C(O)c1ccccc1C(c1ccccc1)c1ccccc1O. The smallest absolute Gasteiger partial charge is 0.335 e. The third kappa shape index (κ3) is 2.94. The van der Waals surface area contributed by atoms with Gasteiger partial charge in [-0.15, -0.1) is 0 Å². The molecule has 0 heterocycles. The summed E-state index contributed by atoms with van der Waals surface area (Å²) in [4.78, 5) is 11.6. The second-order valence-corrected chi connectivity index (χ2v) is 5.29. The van der Waals surface area contributed by atoms with Gasteiger partial charge in [0.15, 0.2) is 0 Å². The van der Waals surface area contributed by atoms with Gasteiger partial charge in [0.25, 0.3) is 0 Å². The van der Waals surface area contributed by atoms with Gasteiger partial charge in [0, 0.05) is 11.5 Å². The van der Waals surface area contributed by atoms with E-state index < -0.39 is 5.97 Å². The number of benzene rings is 3. The molecule has 0 radical (unpaired) electrons. The Kier molecular flexibility index (Phi) is 4.11. The van der Waals surface area contributed by atoms with Gasteiger partial charge in [-0.3, -0.25) is 0 Å². The van der Waals surface area contributed by atoms with Crippen molar-refractivity contribution in [1.29, 1.82) is 0 Å². The van der Waals surface area contributed by atoms with Crippen molar-refractivity contribution < 1.29 is 15.0 Å². The average Bonchev–Trinajstić information content (AvgIpc) is 2.58. The Labute approximate surface area is 134 Å². The first-order valence-corrected chi connectivity index (χ1v) is 7.33. The van der Waals surface area contributed by atoms with Gasteiger partial charge in [-0.2, -0.15) is 0 Å². The van der Waals surface area contributed by atoms with Gasteiger partial charge in [0.1, 0.15) is 5.75 Å². The Morgan fingerprint density at radius 1 is 0.739 bits per heavy atom. The van der Waals surface area contributed by atoms with E-state index in [9.17, 15) is 15.0 Å². The van der Waals surface area contributed by atoms with E-state index in [4.69, 9.17) is 0 Å². The van der Waals surface area contributed by atoms with Gasteiger partial charge >= 0.3 is 5.97 Å². The molecule has 0 amide bonds. The van der Waals surface area contributed by atoms with Gasteiger partial charge in [-0.25, -0.2) is 4.79 Å². The summed E-state index contributed by atoms with van der Waals surface area (Å²) in [7, 11) is 0. The summed E-state index contributed by atoms with van der Waals surface area (Å²) in [6.07, 6.45) is 0. The second-order valence-electron chi connectivity index (χ2n) is 5.29. The van der Waals surface area contributed by atoms with Crippen molar-refractivity contribution in [3.05, 3.63) is 101 Å². The van der Waals surface area contributed by atoms with E-state index in [0.717, 1.165) is 5.56 Å². The van der Waals surface area contributed by atoms with Gasteiger partial charge in [0.05, 0.1) is 5.56 Å². The number of aromatic carboxylic acids is 1. The lowest BCUT2D eigenvalue weighted by molar-refractivity contribution is 0.0695. The van der Waals surface area contributed by atoms with E-state index in [1.165, 1.54) is 0 Å². The zero-order chi connectivity index (χ0) is 16.2. The molecule has 0 spiro atoms. The largest absolute Gasteiger partial charge is 0.508 e. The summed E-state index contributed by atoms with van der Waals surface area (Å²) < 4.78 is 0. The summed E-state index contributed by atoms with van der Waals surface area (Å²) in [6.45, 7) is 0. The first kappa shape index (κ1) is 14.9.